The normalized spacial score (nSPS) is 29.5. The Hall–Kier alpha value is 0.310. The van der Waals surface area contributed by atoms with Crippen molar-refractivity contribution in [2.75, 3.05) is 18.6 Å². The van der Waals surface area contributed by atoms with Gasteiger partial charge in [-0.15, -0.1) is 0 Å². The molecule has 1 nitrogen and oxygen atoms in total. The summed E-state index contributed by atoms with van der Waals surface area (Å²) in [4.78, 5) is 0. The molecule has 0 aromatic rings. The number of thioether (sulfide) groups is 1. The zero-order valence-corrected chi connectivity index (χ0v) is 9.12. The number of rotatable bonds is 5. The first-order chi connectivity index (χ1) is 5.86. The summed E-state index contributed by atoms with van der Waals surface area (Å²) in [5.41, 5.74) is 0. The van der Waals surface area contributed by atoms with Crippen molar-refractivity contribution in [2.45, 2.75) is 38.6 Å². The lowest BCUT2D eigenvalue weighted by molar-refractivity contribution is 0.488. The lowest BCUT2D eigenvalue weighted by Crippen LogP contribution is -2.25. The van der Waals surface area contributed by atoms with Crippen molar-refractivity contribution in [3.63, 3.8) is 0 Å². The Morgan fingerprint density at radius 2 is 2.25 bits per heavy atom. The average molecular weight is 187 g/mol. The Labute approximate surface area is 80.7 Å². The van der Waals surface area contributed by atoms with Gasteiger partial charge in [-0.25, -0.2) is 0 Å². The molecule has 0 amide bonds. The molecule has 1 fully saturated rings. The van der Waals surface area contributed by atoms with Crippen LogP contribution in [-0.2, 0) is 0 Å². The molecule has 0 aromatic carbocycles. The lowest BCUT2D eigenvalue weighted by atomic mass is 10.1. The van der Waals surface area contributed by atoms with Crippen molar-refractivity contribution in [3.05, 3.63) is 0 Å². The first-order valence-electron chi connectivity index (χ1n) is 5.09. The summed E-state index contributed by atoms with van der Waals surface area (Å²) < 4.78 is 0. The second kappa shape index (κ2) is 5.87. The minimum atomic E-state index is 0.835. The van der Waals surface area contributed by atoms with Gasteiger partial charge in [-0.3, -0.25) is 0 Å². The highest BCUT2D eigenvalue weighted by molar-refractivity contribution is 7.98. The van der Waals surface area contributed by atoms with Gasteiger partial charge in [0.15, 0.2) is 0 Å². The van der Waals surface area contributed by atoms with Crippen LogP contribution in [0, 0.1) is 5.92 Å². The van der Waals surface area contributed by atoms with Gasteiger partial charge in [0.1, 0.15) is 0 Å². The summed E-state index contributed by atoms with van der Waals surface area (Å²) >= 11 is 1.98. The fourth-order valence-electron chi connectivity index (χ4n) is 2.10. The van der Waals surface area contributed by atoms with Gasteiger partial charge >= 0.3 is 0 Å². The summed E-state index contributed by atoms with van der Waals surface area (Å²) in [5.74, 6) is 2.37. The van der Waals surface area contributed by atoms with Gasteiger partial charge in [-0.2, -0.15) is 11.8 Å². The molecule has 0 radical (unpaired) electrons. The standard InChI is InChI=1S/C10H21NS/c1-3-11-10-5-4-9(8-10)6-7-12-2/h9-11H,3-8H2,1-2H3. The summed E-state index contributed by atoms with van der Waals surface area (Å²) in [6.45, 7) is 3.34. The van der Waals surface area contributed by atoms with Crippen LogP contribution >= 0.6 is 11.8 Å². The fraction of sp³-hybridized carbons (Fsp3) is 1.00. The van der Waals surface area contributed by atoms with Crippen LogP contribution in [0.2, 0.25) is 0 Å². The van der Waals surface area contributed by atoms with Crippen LogP contribution in [0.3, 0.4) is 0 Å². The van der Waals surface area contributed by atoms with Crippen molar-refractivity contribution < 1.29 is 0 Å². The second-order valence-corrected chi connectivity index (χ2v) is 4.70. The summed E-state index contributed by atoms with van der Waals surface area (Å²) in [7, 11) is 0. The topological polar surface area (TPSA) is 12.0 Å². The molecule has 0 aliphatic heterocycles. The van der Waals surface area contributed by atoms with Gasteiger partial charge in [-0.1, -0.05) is 6.92 Å². The third-order valence-corrected chi connectivity index (χ3v) is 3.41. The van der Waals surface area contributed by atoms with Crippen molar-refractivity contribution >= 4 is 11.8 Å². The van der Waals surface area contributed by atoms with Gasteiger partial charge in [-0.05, 0) is 50.2 Å². The average Bonchev–Trinajstić information content (AvgIpc) is 2.50. The summed E-state index contributed by atoms with van der Waals surface area (Å²) in [6.07, 6.45) is 7.93. The highest BCUT2D eigenvalue weighted by Gasteiger charge is 2.22. The first-order valence-corrected chi connectivity index (χ1v) is 6.48. The number of hydrogen-bond acceptors (Lipinski definition) is 2. The van der Waals surface area contributed by atoms with Crippen LogP contribution in [-0.4, -0.2) is 24.6 Å². The molecular formula is C10H21NS. The summed E-state index contributed by atoms with van der Waals surface area (Å²) in [6, 6.07) is 0.835. The van der Waals surface area contributed by atoms with Crippen molar-refractivity contribution in [3.8, 4) is 0 Å². The Kier molecular flexibility index (Phi) is 5.08. The van der Waals surface area contributed by atoms with Gasteiger partial charge in [0, 0.05) is 6.04 Å². The Morgan fingerprint density at radius 3 is 2.92 bits per heavy atom. The van der Waals surface area contributed by atoms with Gasteiger partial charge in [0.2, 0.25) is 0 Å². The van der Waals surface area contributed by atoms with E-state index in [0.717, 1.165) is 18.5 Å². The van der Waals surface area contributed by atoms with Gasteiger partial charge in [0.05, 0.1) is 0 Å². The predicted molar refractivity (Wildman–Crippen MR) is 57.8 cm³/mol. The van der Waals surface area contributed by atoms with Crippen LogP contribution < -0.4 is 5.32 Å². The van der Waals surface area contributed by atoms with E-state index in [2.05, 4.69) is 18.5 Å². The largest absolute Gasteiger partial charge is 0.314 e. The van der Waals surface area contributed by atoms with E-state index in [4.69, 9.17) is 0 Å². The minimum Gasteiger partial charge on any atom is -0.314 e. The van der Waals surface area contributed by atoms with Crippen LogP contribution in [0.5, 0.6) is 0 Å². The molecule has 1 N–H and O–H groups in total. The zero-order valence-electron chi connectivity index (χ0n) is 8.31. The second-order valence-electron chi connectivity index (χ2n) is 3.72. The quantitative estimate of drug-likeness (QED) is 0.710. The van der Waals surface area contributed by atoms with E-state index < -0.39 is 0 Å². The van der Waals surface area contributed by atoms with E-state index in [0.29, 0.717) is 0 Å². The smallest absolute Gasteiger partial charge is 0.00696 e. The lowest BCUT2D eigenvalue weighted by Gasteiger charge is -2.11. The zero-order chi connectivity index (χ0) is 8.81. The molecule has 0 bridgehead atoms. The van der Waals surface area contributed by atoms with Crippen molar-refractivity contribution in [1.82, 2.24) is 5.32 Å². The van der Waals surface area contributed by atoms with Crippen molar-refractivity contribution in [2.24, 2.45) is 5.92 Å². The maximum Gasteiger partial charge on any atom is 0.00696 e. The van der Waals surface area contributed by atoms with Crippen LogP contribution in [0.4, 0.5) is 0 Å². The third kappa shape index (κ3) is 3.36. The van der Waals surface area contributed by atoms with Crippen LogP contribution in [0.15, 0.2) is 0 Å². The molecule has 1 saturated carbocycles. The molecule has 0 aromatic heterocycles. The van der Waals surface area contributed by atoms with E-state index in [1.165, 1.54) is 31.4 Å². The molecule has 1 aliphatic rings. The van der Waals surface area contributed by atoms with Crippen molar-refractivity contribution in [1.29, 1.82) is 0 Å². The van der Waals surface area contributed by atoms with Gasteiger partial charge in [0.25, 0.3) is 0 Å². The first kappa shape index (κ1) is 10.4. The Balaban J connectivity index is 2.08. The highest BCUT2D eigenvalue weighted by atomic mass is 32.2. The van der Waals surface area contributed by atoms with E-state index in [1.807, 2.05) is 11.8 Å². The summed E-state index contributed by atoms with van der Waals surface area (Å²) in [5, 5.41) is 3.54. The molecule has 1 rings (SSSR count). The van der Waals surface area contributed by atoms with E-state index in [9.17, 15) is 0 Å². The highest BCUT2D eigenvalue weighted by Crippen LogP contribution is 2.28. The molecule has 0 heterocycles. The molecule has 2 unspecified atom stereocenters. The predicted octanol–water partition coefficient (Wildman–Crippen LogP) is 2.52. The maximum atomic E-state index is 3.54. The van der Waals surface area contributed by atoms with Crippen LogP contribution in [0.1, 0.15) is 32.6 Å². The third-order valence-electron chi connectivity index (χ3n) is 2.76. The van der Waals surface area contributed by atoms with E-state index in [1.54, 1.807) is 0 Å². The maximum absolute atomic E-state index is 3.54. The number of hydrogen-bond donors (Lipinski definition) is 1. The van der Waals surface area contributed by atoms with E-state index >= 15 is 0 Å². The molecule has 2 atom stereocenters. The molecule has 1 aliphatic carbocycles. The molecule has 72 valence electrons. The molecule has 0 saturated heterocycles. The molecule has 0 spiro atoms. The van der Waals surface area contributed by atoms with E-state index in [-0.39, 0.29) is 0 Å². The monoisotopic (exact) mass is 187 g/mol. The Morgan fingerprint density at radius 1 is 1.42 bits per heavy atom. The number of nitrogens with one attached hydrogen (secondary N) is 1. The molecule has 12 heavy (non-hydrogen) atoms. The molecule has 2 heteroatoms. The minimum absolute atomic E-state index is 0.835. The Bertz CT molecular complexity index is 116. The molecular weight excluding hydrogens is 166 g/mol. The van der Waals surface area contributed by atoms with Crippen LogP contribution in [0.25, 0.3) is 0 Å². The fourth-order valence-corrected chi connectivity index (χ4v) is 2.66. The SMILES string of the molecule is CCNC1CCC(CCSC)C1. The van der Waals surface area contributed by atoms with Gasteiger partial charge < -0.3 is 5.32 Å².